The van der Waals surface area contributed by atoms with E-state index in [1.807, 2.05) is 47.4 Å². The first kappa shape index (κ1) is 17.0. The molecule has 1 unspecified atom stereocenters. The quantitative estimate of drug-likeness (QED) is 0.912. The average molecular weight is 338 g/mol. The van der Waals surface area contributed by atoms with Gasteiger partial charge >= 0.3 is 0 Å². The van der Waals surface area contributed by atoms with E-state index in [1.54, 1.807) is 7.11 Å². The second kappa shape index (κ2) is 7.38. The first-order valence-electron chi connectivity index (χ1n) is 8.38. The van der Waals surface area contributed by atoms with E-state index in [2.05, 4.69) is 11.4 Å². The van der Waals surface area contributed by atoms with Gasteiger partial charge in [0.25, 0.3) is 0 Å². The van der Waals surface area contributed by atoms with Gasteiger partial charge in [0.1, 0.15) is 5.75 Å². The zero-order valence-electron chi connectivity index (χ0n) is 14.5. The van der Waals surface area contributed by atoms with Gasteiger partial charge in [0.05, 0.1) is 19.6 Å². The fraction of sp³-hybridized carbons (Fsp3) is 0.300. The highest BCUT2D eigenvalue weighted by molar-refractivity contribution is 5.96. The van der Waals surface area contributed by atoms with Gasteiger partial charge in [0.15, 0.2) is 0 Å². The lowest BCUT2D eigenvalue weighted by Gasteiger charge is -2.23. The average Bonchev–Trinajstić information content (AvgIpc) is 3.05. The van der Waals surface area contributed by atoms with Gasteiger partial charge in [-0.05, 0) is 35.7 Å². The van der Waals surface area contributed by atoms with Gasteiger partial charge in [-0.3, -0.25) is 9.59 Å². The number of nitrogens with one attached hydrogen (secondary N) is 1. The number of rotatable bonds is 5. The van der Waals surface area contributed by atoms with Crippen molar-refractivity contribution < 1.29 is 14.3 Å². The van der Waals surface area contributed by atoms with Gasteiger partial charge in [-0.25, -0.2) is 0 Å². The largest absolute Gasteiger partial charge is 0.497 e. The van der Waals surface area contributed by atoms with Crippen LogP contribution in [0.4, 0.5) is 5.69 Å². The number of para-hydroxylation sites is 1. The summed E-state index contributed by atoms with van der Waals surface area (Å²) in [4.78, 5) is 26.3. The first-order valence-corrected chi connectivity index (χ1v) is 8.38. The van der Waals surface area contributed by atoms with Crippen LogP contribution in [0, 0.1) is 0 Å². The first-order chi connectivity index (χ1) is 12.1. The Morgan fingerprint density at radius 2 is 1.88 bits per heavy atom. The normalized spacial score (nSPS) is 13.9. The van der Waals surface area contributed by atoms with Crippen LogP contribution in [0.15, 0.2) is 48.5 Å². The van der Waals surface area contributed by atoms with Gasteiger partial charge in [-0.15, -0.1) is 0 Å². The molecule has 0 radical (unpaired) electrons. The number of methoxy groups -OCH3 is 1. The number of fused-ring (bicyclic) bond motifs is 1. The number of amides is 2. The van der Waals surface area contributed by atoms with Gasteiger partial charge in [-0.1, -0.05) is 30.3 Å². The molecule has 0 aromatic heterocycles. The second-order valence-corrected chi connectivity index (χ2v) is 6.15. The van der Waals surface area contributed by atoms with Crippen molar-refractivity contribution in [3.8, 4) is 5.75 Å². The maximum atomic E-state index is 12.8. The molecule has 5 nitrogen and oxygen atoms in total. The molecule has 1 heterocycles. The standard InChI is InChI=1S/C20H22N2O3/c1-14(23)21-18(15-7-9-17(25-2)10-8-15)13-20(24)22-12-11-16-5-3-4-6-19(16)22/h3-10,18H,11-13H2,1-2H3,(H,21,23). The molecule has 1 aliphatic heterocycles. The Labute approximate surface area is 147 Å². The molecule has 0 bridgehead atoms. The lowest BCUT2D eigenvalue weighted by atomic mass is 10.0. The Morgan fingerprint density at radius 1 is 1.16 bits per heavy atom. The Kier molecular flexibility index (Phi) is 5.03. The van der Waals surface area contributed by atoms with Crippen molar-refractivity contribution in [1.82, 2.24) is 5.32 Å². The maximum Gasteiger partial charge on any atom is 0.229 e. The van der Waals surface area contributed by atoms with E-state index in [-0.39, 0.29) is 24.3 Å². The zero-order valence-corrected chi connectivity index (χ0v) is 14.5. The third kappa shape index (κ3) is 3.82. The Hall–Kier alpha value is -2.82. The van der Waals surface area contributed by atoms with Crippen molar-refractivity contribution in [3.63, 3.8) is 0 Å². The minimum Gasteiger partial charge on any atom is -0.497 e. The highest BCUT2D eigenvalue weighted by Crippen LogP contribution is 2.29. The number of hydrogen-bond donors (Lipinski definition) is 1. The summed E-state index contributed by atoms with van der Waals surface area (Å²) < 4.78 is 5.17. The third-order valence-corrected chi connectivity index (χ3v) is 4.46. The summed E-state index contributed by atoms with van der Waals surface area (Å²) in [7, 11) is 1.61. The summed E-state index contributed by atoms with van der Waals surface area (Å²) in [6.45, 7) is 2.15. The molecule has 1 N–H and O–H groups in total. The zero-order chi connectivity index (χ0) is 17.8. The topological polar surface area (TPSA) is 58.6 Å². The molecule has 0 saturated carbocycles. The molecule has 5 heteroatoms. The van der Waals surface area contributed by atoms with Crippen LogP contribution in [0.25, 0.3) is 0 Å². The molecule has 0 spiro atoms. The molecule has 0 fully saturated rings. The summed E-state index contributed by atoms with van der Waals surface area (Å²) in [6.07, 6.45) is 1.09. The molecule has 130 valence electrons. The second-order valence-electron chi connectivity index (χ2n) is 6.15. The molecule has 0 saturated heterocycles. The van der Waals surface area contributed by atoms with Gasteiger partial charge < -0.3 is 15.0 Å². The van der Waals surface area contributed by atoms with Crippen molar-refractivity contribution in [2.45, 2.75) is 25.8 Å². The van der Waals surface area contributed by atoms with Crippen LogP contribution >= 0.6 is 0 Å². The van der Waals surface area contributed by atoms with Gasteiger partial charge in [0.2, 0.25) is 11.8 Å². The molecule has 1 atom stereocenters. The Bertz CT molecular complexity index is 771. The fourth-order valence-corrected chi connectivity index (χ4v) is 3.22. The van der Waals surface area contributed by atoms with E-state index in [4.69, 9.17) is 4.74 Å². The summed E-state index contributed by atoms with van der Waals surface area (Å²) in [5, 5.41) is 2.88. The number of hydrogen-bond acceptors (Lipinski definition) is 3. The van der Waals surface area contributed by atoms with Crippen LogP contribution in [0.5, 0.6) is 5.75 Å². The third-order valence-electron chi connectivity index (χ3n) is 4.46. The fourth-order valence-electron chi connectivity index (χ4n) is 3.22. The smallest absolute Gasteiger partial charge is 0.229 e. The molecule has 1 aliphatic rings. The van der Waals surface area contributed by atoms with E-state index in [0.29, 0.717) is 6.54 Å². The number of carbonyl (C=O) groups excluding carboxylic acids is 2. The number of ether oxygens (including phenoxy) is 1. The van der Waals surface area contributed by atoms with Crippen molar-refractivity contribution in [2.24, 2.45) is 0 Å². The molecular formula is C20H22N2O3. The number of anilines is 1. The van der Waals surface area contributed by atoms with Crippen LogP contribution in [-0.4, -0.2) is 25.5 Å². The van der Waals surface area contributed by atoms with Gasteiger partial charge in [-0.2, -0.15) is 0 Å². The molecular weight excluding hydrogens is 316 g/mol. The molecule has 2 aromatic rings. The predicted molar refractivity (Wildman–Crippen MR) is 96.7 cm³/mol. The minimum absolute atomic E-state index is 0.0134. The molecule has 25 heavy (non-hydrogen) atoms. The molecule has 0 aliphatic carbocycles. The van der Waals surface area contributed by atoms with E-state index in [0.717, 1.165) is 23.4 Å². The van der Waals surface area contributed by atoms with Crippen molar-refractivity contribution in [2.75, 3.05) is 18.6 Å². The number of benzene rings is 2. The minimum atomic E-state index is -0.358. The number of nitrogens with zero attached hydrogens (tertiary/aromatic N) is 1. The lowest BCUT2D eigenvalue weighted by molar-refractivity contribution is -0.121. The van der Waals surface area contributed by atoms with Crippen molar-refractivity contribution in [3.05, 3.63) is 59.7 Å². The van der Waals surface area contributed by atoms with Gasteiger partial charge in [0, 0.05) is 19.2 Å². The highest BCUT2D eigenvalue weighted by Gasteiger charge is 2.27. The van der Waals surface area contributed by atoms with Crippen LogP contribution in [0.2, 0.25) is 0 Å². The SMILES string of the molecule is COc1ccc(C(CC(=O)N2CCc3ccccc32)NC(C)=O)cc1. The highest BCUT2D eigenvalue weighted by atomic mass is 16.5. The summed E-state index contributed by atoms with van der Waals surface area (Å²) in [5.41, 5.74) is 3.05. The van der Waals surface area contributed by atoms with Crippen LogP contribution in [-0.2, 0) is 16.0 Å². The summed E-state index contributed by atoms with van der Waals surface area (Å²) >= 11 is 0. The summed E-state index contributed by atoms with van der Waals surface area (Å²) in [5.74, 6) is 0.597. The molecule has 2 amide bonds. The Balaban J connectivity index is 1.78. The Morgan fingerprint density at radius 3 is 2.56 bits per heavy atom. The summed E-state index contributed by atoms with van der Waals surface area (Å²) in [6, 6.07) is 15.0. The number of carbonyl (C=O) groups is 2. The van der Waals surface area contributed by atoms with Crippen LogP contribution in [0.3, 0.4) is 0 Å². The van der Waals surface area contributed by atoms with E-state index < -0.39 is 0 Å². The predicted octanol–water partition coefficient (Wildman–Crippen LogP) is 2.85. The van der Waals surface area contributed by atoms with E-state index in [1.165, 1.54) is 12.5 Å². The van der Waals surface area contributed by atoms with Crippen molar-refractivity contribution in [1.29, 1.82) is 0 Å². The van der Waals surface area contributed by atoms with E-state index in [9.17, 15) is 9.59 Å². The van der Waals surface area contributed by atoms with E-state index >= 15 is 0 Å². The maximum absolute atomic E-state index is 12.8. The monoisotopic (exact) mass is 338 g/mol. The molecule has 2 aromatic carbocycles. The van der Waals surface area contributed by atoms with Crippen molar-refractivity contribution >= 4 is 17.5 Å². The molecule has 3 rings (SSSR count). The lowest BCUT2D eigenvalue weighted by Crippen LogP contribution is -2.35. The van der Waals surface area contributed by atoms with Crippen LogP contribution < -0.4 is 15.0 Å². The van der Waals surface area contributed by atoms with Crippen LogP contribution in [0.1, 0.15) is 30.5 Å².